The van der Waals surface area contributed by atoms with E-state index in [9.17, 15) is 9.90 Å². The zero-order valence-corrected chi connectivity index (χ0v) is 12.4. The maximum Gasteiger partial charge on any atom is 0.341 e. The van der Waals surface area contributed by atoms with Crippen molar-refractivity contribution in [3.63, 3.8) is 0 Å². The lowest BCUT2D eigenvalue weighted by atomic mass is 10.1. The molecule has 1 N–H and O–H groups in total. The number of nitrogens with zero attached hydrogens (tertiary/aromatic N) is 1. The number of carboxylic acid groups (broad SMARTS) is 1. The number of benzene rings is 2. The van der Waals surface area contributed by atoms with Crippen molar-refractivity contribution in [1.82, 2.24) is 4.98 Å². The van der Waals surface area contributed by atoms with E-state index in [0.717, 1.165) is 4.47 Å². The Kier molecular flexibility index (Phi) is 3.58. The number of ether oxygens (including phenoxy) is 1. The first-order valence-corrected chi connectivity index (χ1v) is 6.99. The van der Waals surface area contributed by atoms with Gasteiger partial charge in [-0.3, -0.25) is 4.98 Å². The van der Waals surface area contributed by atoms with Crippen LogP contribution in [0.4, 0.5) is 0 Å². The Labute approximate surface area is 129 Å². The van der Waals surface area contributed by atoms with Crippen LogP contribution in [0.1, 0.15) is 10.4 Å². The van der Waals surface area contributed by atoms with Crippen LogP contribution in [-0.2, 0) is 0 Å². The Morgan fingerprint density at radius 1 is 1.14 bits per heavy atom. The zero-order valence-electron chi connectivity index (χ0n) is 10.8. The number of fused-ring (bicyclic) bond motifs is 1. The molecule has 0 bridgehead atoms. The average molecular weight is 344 g/mol. The number of hydrogen-bond acceptors (Lipinski definition) is 3. The van der Waals surface area contributed by atoms with Crippen molar-refractivity contribution in [2.24, 2.45) is 0 Å². The Bertz CT molecular complexity index is 833. The normalized spacial score (nSPS) is 10.5. The largest absolute Gasteiger partial charge is 0.477 e. The van der Waals surface area contributed by atoms with Crippen LogP contribution in [0.2, 0.25) is 0 Å². The lowest BCUT2D eigenvalue weighted by Crippen LogP contribution is -2.02. The number of hydrogen-bond donors (Lipinski definition) is 1. The third-order valence-corrected chi connectivity index (χ3v) is 3.47. The highest BCUT2D eigenvalue weighted by Crippen LogP contribution is 2.33. The number of aromatic carboxylic acids is 1. The number of carboxylic acids is 1. The minimum absolute atomic E-state index is 0.0358. The fraction of sp³-hybridized carbons (Fsp3) is 0. The minimum Gasteiger partial charge on any atom is -0.477 e. The summed E-state index contributed by atoms with van der Waals surface area (Å²) in [6.45, 7) is 0. The van der Waals surface area contributed by atoms with Crippen LogP contribution in [0.3, 0.4) is 0 Å². The van der Waals surface area contributed by atoms with Crippen molar-refractivity contribution in [2.75, 3.05) is 0 Å². The van der Waals surface area contributed by atoms with Crippen LogP contribution in [0, 0.1) is 0 Å². The molecule has 1 aromatic heterocycles. The minimum atomic E-state index is -1.07. The Morgan fingerprint density at radius 2 is 1.95 bits per heavy atom. The Balaban J connectivity index is 2.18. The predicted molar refractivity (Wildman–Crippen MR) is 82.9 cm³/mol. The fourth-order valence-corrected chi connectivity index (χ4v) is 2.40. The quantitative estimate of drug-likeness (QED) is 0.761. The van der Waals surface area contributed by atoms with Crippen molar-refractivity contribution >= 4 is 32.8 Å². The summed E-state index contributed by atoms with van der Waals surface area (Å²) in [6, 6.07) is 14.5. The topological polar surface area (TPSA) is 59.4 Å². The molecule has 0 spiro atoms. The van der Waals surface area contributed by atoms with Crippen molar-refractivity contribution in [2.45, 2.75) is 0 Å². The summed E-state index contributed by atoms with van der Waals surface area (Å²) >= 11 is 3.36. The smallest absolute Gasteiger partial charge is 0.341 e. The van der Waals surface area contributed by atoms with Gasteiger partial charge in [0.15, 0.2) is 5.75 Å². The molecule has 0 fully saturated rings. The number of carbonyl (C=O) groups is 1. The highest BCUT2D eigenvalue weighted by molar-refractivity contribution is 9.10. The molecule has 5 heteroatoms. The molecule has 104 valence electrons. The molecular weight excluding hydrogens is 334 g/mol. The standard InChI is InChI=1S/C16H10BrNO3/c17-10-4-3-5-11(8-10)21-15-12-6-1-2-7-14(12)18-9-13(15)16(19)20/h1-9H,(H,19,20). The van der Waals surface area contributed by atoms with Gasteiger partial charge in [-0.15, -0.1) is 0 Å². The highest BCUT2D eigenvalue weighted by atomic mass is 79.9. The third kappa shape index (κ3) is 2.73. The molecule has 0 radical (unpaired) electrons. The number of rotatable bonds is 3. The van der Waals surface area contributed by atoms with E-state index in [1.54, 1.807) is 18.2 Å². The van der Waals surface area contributed by atoms with Gasteiger partial charge >= 0.3 is 5.97 Å². The molecule has 0 unspecified atom stereocenters. The number of pyridine rings is 1. The maximum atomic E-state index is 11.4. The van der Waals surface area contributed by atoms with Gasteiger partial charge in [-0.25, -0.2) is 4.79 Å². The van der Waals surface area contributed by atoms with Gasteiger partial charge in [0.05, 0.1) is 5.52 Å². The molecular formula is C16H10BrNO3. The summed E-state index contributed by atoms with van der Waals surface area (Å²) in [5, 5.41) is 9.99. The molecule has 2 aromatic carbocycles. The molecule has 0 atom stereocenters. The van der Waals surface area contributed by atoms with Crippen molar-refractivity contribution in [3.8, 4) is 11.5 Å². The maximum absolute atomic E-state index is 11.4. The van der Waals surface area contributed by atoms with Crippen LogP contribution in [0.15, 0.2) is 59.2 Å². The molecule has 0 amide bonds. The van der Waals surface area contributed by atoms with Gasteiger partial charge in [-0.2, -0.15) is 0 Å². The summed E-state index contributed by atoms with van der Waals surface area (Å²) in [5.74, 6) is -0.215. The summed E-state index contributed by atoms with van der Waals surface area (Å²) in [6.07, 6.45) is 1.32. The van der Waals surface area contributed by atoms with E-state index in [2.05, 4.69) is 20.9 Å². The first-order valence-electron chi connectivity index (χ1n) is 6.19. The first kappa shape index (κ1) is 13.6. The predicted octanol–water partition coefficient (Wildman–Crippen LogP) is 4.49. The van der Waals surface area contributed by atoms with Crippen molar-refractivity contribution in [1.29, 1.82) is 0 Å². The summed E-state index contributed by atoms with van der Waals surface area (Å²) < 4.78 is 6.67. The van der Waals surface area contributed by atoms with Crippen LogP contribution in [0.25, 0.3) is 10.9 Å². The van der Waals surface area contributed by atoms with Gasteiger partial charge in [0.25, 0.3) is 0 Å². The van der Waals surface area contributed by atoms with Crippen molar-refractivity contribution in [3.05, 3.63) is 64.8 Å². The van der Waals surface area contributed by atoms with Gasteiger partial charge in [0, 0.05) is 16.1 Å². The first-order chi connectivity index (χ1) is 10.1. The molecule has 0 aliphatic heterocycles. The molecule has 21 heavy (non-hydrogen) atoms. The lowest BCUT2D eigenvalue weighted by Gasteiger charge is -2.11. The molecule has 0 aliphatic rings. The third-order valence-electron chi connectivity index (χ3n) is 2.97. The number of halogens is 1. The van der Waals surface area contributed by atoms with Gasteiger partial charge < -0.3 is 9.84 Å². The molecule has 3 rings (SSSR count). The second-order valence-electron chi connectivity index (χ2n) is 4.38. The average Bonchev–Trinajstić information content (AvgIpc) is 2.47. The van der Waals surface area contributed by atoms with E-state index < -0.39 is 5.97 Å². The molecule has 0 saturated carbocycles. The van der Waals surface area contributed by atoms with E-state index in [0.29, 0.717) is 22.4 Å². The van der Waals surface area contributed by atoms with Gasteiger partial charge in [-0.05, 0) is 30.3 Å². The van der Waals surface area contributed by atoms with Gasteiger partial charge in [0.2, 0.25) is 0 Å². The van der Waals surface area contributed by atoms with Gasteiger partial charge in [-0.1, -0.05) is 34.1 Å². The monoisotopic (exact) mass is 343 g/mol. The van der Waals surface area contributed by atoms with Crippen LogP contribution in [0.5, 0.6) is 11.5 Å². The van der Waals surface area contributed by atoms with E-state index >= 15 is 0 Å². The second kappa shape index (κ2) is 5.54. The van der Waals surface area contributed by atoms with E-state index in [4.69, 9.17) is 4.74 Å². The molecule has 0 aliphatic carbocycles. The number of para-hydroxylation sites is 1. The van der Waals surface area contributed by atoms with E-state index in [1.165, 1.54) is 6.20 Å². The Morgan fingerprint density at radius 3 is 2.71 bits per heavy atom. The molecule has 0 saturated heterocycles. The van der Waals surface area contributed by atoms with Crippen LogP contribution < -0.4 is 4.74 Å². The van der Waals surface area contributed by atoms with Crippen LogP contribution >= 0.6 is 15.9 Å². The molecule has 1 heterocycles. The molecule has 3 aromatic rings. The van der Waals surface area contributed by atoms with Gasteiger partial charge in [0.1, 0.15) is 11.3 Å². The van der Waals surface area contributed by atoms with E-state index in [1.807, 2.05) is 30.3 Å². The SMILES string of the molecule is O=C(O)c1cnc2ccccc2c1Oc1cccc(Br)c1. The summed E-state index contributed by atoms with van der Waals surface area (Å²) in [5.41, 5.74) is 0.723. The highest BCUT2D eigenvalue weighted by Gasteiger charge is 2.16. The number of aromatic nitrogens is 1. The summed E-state index contributed by atoms with van der Waals surface area (Å²) in [4.78, 5) is 15.5. The Hall–Kier alpha value is -2.40. The summed E-state index contributed by atoms with van der Waals surface area (Å²) in [7, 11) is 0. The van der Waals surface area contributed by atoms with Crippen LogP contribution in [-0.4, -0.2) is 16.1 Å². The molecule has 4 nitrogen and oxygen atoms in total. The van der Waals surface area contributed by atoms with Crippen molar-refractivity contribution < 1.29 is 14.6 Å². The lowest BCUT2D eigenvalue weighted by molar-refractivity contribution is 0.0694. The zero-order chi connectivity index (χ0) is 14.8. The second-order valence-corrected chi connectivity index (χ2v) is 5.30. The fourth-order valence-electron chi connectivity index (χ4n) is 2.03. The van der Waals surface area contributed by atoms with E-state index in [-0.39, 0.29) is 5.56 Å².